The summed E-state index contributed by atoms with van der Waals surface area (Å²) in [7, 11) is 0. The maximum Gasteiger partial charge on any atom is 0.389 e. The number of anilines is 2. The monoisotopic (exact) mass is 595 g/mol. The number of nitrogens with one attached hydrogen (secondary N) is 2. The molecule has 4 heterocycles. The van der Waals surface area contributed by atoms with Gasteiger partial charge in [-0.2, -0.15) is 18.2 Å². The van der Waals surface area contributed by atoms with Crippen molar-refractivity contribution in [3.05, 3.63) is 72.5 Å². The normalized spacial score (nSPS) is 17.9. The third kappa shape index (κ3) is 8.01. The highest BCUT2D eigenvalue weighted by Crippen LogP contribution is 2.28. The Hall–Kier alpha value is -4.19. The fourth-order valence-corrected chi connectivity index (χ4v) is 5.51. The number of carbonyl (C=O) groups is 2. The Morgan fingerprint density at radius 3 is 2.67 bits per heavy atom. The van der Waals surface area contributed by atoms with Gasteiger partial charge in [0.15, 0.2) is 5.65 Å². The van der Waals surface area contributed by atoms with Crippen molar-refractivity contribution in [1.29, 1.82) is 0 Å². The summed E-state index contributed by atoms with van der Waals surface area (Å²) in [6, 6.07) is 10.9. The standard InChI is InChI=1S/C31H36F3N7O2/c1-2-22-5-3-16-39(21-22)20-15-35-29(43)24-7-9-25(10-8-24)36-30-37-28-26(6-4-17-41(28)38-30)23-12-18-40(19-13-23)27(42)11-14-31(32,33)34/h2,4,6-10,12,17,22H,1,3,5,11,13-16,18-21H2,(H,35,43)(H,36,38). The summed E-state index contributed by atoms with van der Waals surface area (Å²) in [5, 5.41) is 10.7. The van der Waals surface area contributed by atoms with E-state index in [0.717, 1.165) is 42.9 Å². The topological polar surface area (TPSA) is 94.9 Å². The lowest BCUT2D eigenvalue weighted by Gasteiger charge is -2.31. The number of amides is 2. The van der Waals surface area contributed by atoms with Gasteiger partial charge in [0.05, 0.1) is 6.42 Å². The first-order chi connectivity index (χ1) is 20.7. The molecule has 43 heavy (non-hydrogen) atoms. The molecule has 228 valence electrons. The first-order valence-corrected chi connectivity index (χ1v) is 14.6. The molecule has 0 aliphatic carbocycles. The molecule has 0 saturated carbocycles. The second-order valence-electron chi connectivity index (χ2n) is 11.0. The van der Waals surface area contributed by atoms with Crippen molar-refractivity contribution in [2.75, 3.05) is 44.6 Å². The lowest BCUT2D eigenvalue weighted by atomic mass is 9.98. The highest BCUT2D eigenvalue weighted by Gasteiger charge is 2.29. The molecule has 9 nitrogen and oxygen atoms in total. The van der Waals surface area contributed by atoms with E-state index < -0.39 is 24.9 Å². The van der Waals surface area contributed by atoms with Gasteiger partial charge >= 0.3 is 6.18 Å². The number of alkyl halides is 3. The second-order valence-corrected chi connectivity index (χ2v) is 11.0. The number of aromatic nitrogens is 3. The number of likely N-dealkylation sites (tertiary alicyclic amines) is 1. The van der Waals surface area contributed by atoms with Crippen LogP contribution in [0.25, 0.3) is 11.2 Å². The molecule has 2 amide bonds. The molecule has 0 radical (unpaired) electrons. The number of nitrogens with zero attached hydrogens (tertiary/aromatic N) is 5. The lowest BCUT2D eigenvalue weighted by Crippen LogP contribution is -2.40. The van der Waals surface area contributed by atoms with Gasteiger partial charge < -0.3 is 20.4 Å². The van der Waals surface area contributed by atoms with Crippen LogP contribution in [0.1, 0.15) is 48.0 Å². The quantitative estimate of drug-likeness (QED) is 0.319. The summed E-state index contributed by atoms with van der Waals surface area (Å²) >= 11 is 0. The highest BCUT2D eigenvalue weighted by atomic mass is 19.4. The largest absolute Gasteiger partial charge is 0.389 e. The van der Waals surface area contributed by atoms with Gasteiger partial charge in [0, 0.05) is 62.2 Å². The van der Waals surface area contributed by atoms with Crippen LogP contribution >= 0.6 is 0 Å². The molecule has 2 aliphatic heterocycles. The van der Waals surface area contributed by atoms with Gasteiger partial charge in [-0.05, 0) is 73.7 Å². The molecular formula is C31H36F3N7O2. The molecule has 12 heteroatoms. The number of carbonyl (C=O) groups excluding carboxylic acids is 2. The van der Waals surface area contributed by atoms with Crippen molar-refractivity contribution < 1.29 is 22.8 Å². The van der Waals surface area contributed by atoms with Gasteiger partial charge in [-0.15, -0.1) is 11.7 Å². The second kappa shape index (κ2) is 13.4. The molecule has 1 aromatic carbocycles. The van der Waals surface area contributed by atoms with Crippen molar-refractivity contribution in [2.45, 2.75) is 38.3 Å². The van der Waals surface area contributed by atoms with Crippen molar-refractivity contribution in [2.24, 2.45) is 5.92 Å². The van der Waals surface area contributed by atoms with Gasteiger partial charge in [0.1, 0.15) is 0 Å². The number of halogens is 3. The van der Waals surface area contributed by atoms with E-state index in [0.29, 0.717) is 42.6 Å². The van der Waals surface area contributed by atoms with Crippen molar-refractivity contribution in [3.8, 4) is 0 Å². The van der Waals surface area contributed by atoms with Crippen LogP contribution in [0.3, 0.4) is 0 Å². The molecule has 1 saturated heterocycles. The van der Waals surface area contributed by atoms with Crippen LogP contribution in [0, 0.1) is 5.92 Å². The predicted octanol–water partition coefficient (Wildman–Crippen LogP) is 5.06. The van der Waals surface area contributed by atoms with E-state index >= 15 is 0 Å². The van der Waals surface area contributed by atoms with E-state index in [1.165, 1.54) is 11.3 Å². The van der Waals surface area contributed by atoms with Crippen LogP contribution < -0.4 is 10.6 Å². The molecule has 0 bridgehead atoms. The van der Waals surface area contributed by atoms with Crippen molar-refractivity contribution >= 4 is 34.7 Å². The third-order valence-electron chi connectivity index (χ3n) is 7.88. The van der Waals surface area contributed by atoms with E-state index in [1.807, 2.05) is 24.3 Å². The van der Waals surface area contributed by atoms with Crippen molar-refractivity contribution in [1.82, 2.24) is 29.7 Å². The number of pyridine rings is 1. The Balaban J connectivity index is 1.16. The highest BCUT2D eigenvalue weighted by molar-refractivity contribution is 5.94. The van der Waals surface area contributed by atoms with E-state index in [1.54, 1.807) is 35.0 Å². The first kappa shape index (κ1) is 30.3. The average molecular weight is 596 g/mol. The van der Waals surface area contributed by atoms with Gasteiger partial charge in [-0.1, -0.05) is 12.2 Å². The Bertz CT molecular complexity index is 1480. The fraction of sp³-hybridized carbons (Fsp3) is 0.419. The first-order valence-electron chi connectivity index (χ1n) is 14.6. The van der Waals surface area contributed by atoms with Gasteiger partial charge in [0.2, 0.25) is 11.9 Å². The third-order valence-corrected chi connectivity index (χ3v) is 7.88. The zero-order chi connectivity index (χ0) is 30.4. The number of hydrogen-bond acceptors (Lipinski definition) is 6. The number of rotatable bonds is 10. The predicted molar refractivity (Wildman–Crippen MR) is 159 cm³/mol. The summed E-state index contributed by atoms with van der Waals surface area (Å²) in [5.74, 6) is 0.278. The summed E-state index contributed by atoms with van der Waals surface area (Å²) < 4.78 is 39.1. The van der Waals surface area contributed by atoms with E-state index in [-0.39, 0.29) is 12.5 Å². The molecule has 1 unspecified atom stereocenters. The summed E-state index contributed by atoms with van der Waals surface area (Å²) in [6.07, 6.45) is 2.49. The molecule has 2 N–H and O–H groups in total. The SMILES string of the molecule is C=CC1CCCN(CCNC(=O)c2ccc(Nc3nc4c(C5=CCN(C(=O)CCC(F)(F)F)CC5)cccn4n3)cc2)C1. The number of benzene rings is 1. The van der Waals surface area contributed by atoms with Crippen LogP contribution in [-0.4, -0.2) is 81.7 Å². The Morgan fingerprint density at radius 1 is 1.14 bits per heavy atom. The van der Waals surface area contributed by atoms with E-state index in [9.17, 15) is 22.8 Å². The zero-order valence-corrected chi connectivity index (χ0v) is 23.9. The molecule has 1 fully saturated rings. The van der Waals surface area contributed by atoms with Gasteiger partial charge in [-0.25, -0.2) is 4.52 Å². The fourth-order valence-electron chi connectivity index (χ4n) is 5.51. The number of fused-ring (bicyclic) bond motifs is 1. The molecule has 3 aromatic rings. The average Bonchev–Trinajstić information content (AvgIpc) is 3.42. The molecule has 1 atom stereocenters. The van der Waals surface area contributed by atoms with Crippen molar-refractivity contribution in [3.63, 3.8) is 0 Å². The smallest absolute Gasteiger partial charge is 0.351 e. The van der Waals surface area contributed by atoms with Crippen LogP contribution in [0.4, 0.5) is 24.8 Å². The maximum atomic E-state index is 12.6. The summed E-state index contributed by atoms with van der Waals surface area (Å²) in [5.41, 5.74) is 3.72. The van der Waals surface area contributed by atoms with Crippen LogP contribution in [0.5, 0.6) is 0 Å². The van der Waals surface area contributed by atoms with E-state index in [2.05, 4.69) is 32.2 Å². The Morgan fingerprint density at radius 2 is 1.95 bits per heavy atom. The molecule has 2 aliphatic rings. The van der Waals surface area contributed by atoms with Gasteiger partial charge in [-0.3, -0.25) is 9.59 Å². The number of hydrogen-bond donors (Lipinski definition) is 2. The molecule has 2 aromatic heterocycles. The van der Waals surface area contributed by atoms with E-state index in [4.69, 9.17) is 0 Å². The molecular weight excluding hydrogens is 559 g/mol. The number of piperidine rings is 1. The zero-order valence-electron chi connectivity index (χ0n) is 23.9. The molecule has 0 spiro atoms. The van der Waals surface area contributed by atoms with Gasteiger partial charge in [0.25, 0.3) is 5.91 Å². The van der Waals surface area contributed by atoms with Crippen LogP contribution in [0.15, 0.2) is 61.3 Å². The minimum Gasteiger partial charge on any atom is -0.351 e. The summed E-state index contributed by atoms with van der Waals surface area (Å²) in [6.45, 7) is 7.93. The Kier molecular flexibility index (Phi) is 9.44. The lowest BCUT2D eigenvalue weighted by molar-refractivity contribution is -0.148. The minimum absolute atomic E-state index is 0.124. The van der Waals surface area contributed by atoms with Crippen LogP contribution in [-0.2, 0) is 4.79 Å². The molecule has 5 rings (SSSR count). The maximum absolute atomic E-state index is 12.6. The van der Waals surface area contributed by atoms with Crippen LogP contribution in [0.2, 0.25) is 0 Å². The summed E-state index contributed by atoms with van der Waals surface area (Å²) in [4.78, 5) is 33.3. The minimum atomic E-state index is -4.35. The Labute approximate surface area is 248 Å².